The van der Waals surface area contributed by atoms with E-state index < -0.39 is 54.3 Å². The van der Waals surface area contributed by atoms with E-state index in [1.807, 2.05) is 0 Å². The molecule has 0 bridgehead atoms. The molecule has 28 heavy (non-hydrogen) atoms. The van der Waals surface area contributed by atoms with Gasteiger partial charge in [0.15, 0.2) is 6.23 Å². The number of nitrogens with zero attached hydrogens (tertiary/aromatic N) is 2. The van der Waals surface area contributed by atoms with E-state index in [1.165, 1.54) is 18.7 Å². The minimum absolute atomic E-state index is 0.0682. The van der Waals surface area contributed by atoms with Crippen molar-refractivity contribution in [2.24, 2.45) is 0 Å². The quantitative estimate of drug-likeness (QED) is 0.222. The highest BCUT2D eigenvalue weighted by molar-refractivity contribution is 5.73. The molecule has 1 saturated heterocycles. The number of ether oxygens (including phenoxy) is 1. The predicted molar refractivity (Wildman–Crippen MR) is 92.1 cm³/mol. The van der Waals surface area contributed by atoms with Crippen molar-refractivity contribution in [1.29, 1.82) is 0 Å². The average molecular weight is 396 g/mol. The number of H-pyrrole nitrogens is 2. The number of imidazole rings is 1. The van der Waals surface area contributed by atoms with Gasteiger partial charge in [-0.1, -0.05) is 0 Å². The van der Waals surface area contributed by atoms with Gasteiger partial charge >= 0.3 is 11.7 Å². The zero-order valence-corrected chi connectivity index (χ0v) is 14.5. The number of aliphatic hydroxyl groups is 2. The lowest BCUT2D eigenvalue weighted by Crippen LogP contribution is -2.56. The van der Waals surface area contributed by atoms with Crippen molar-refractivity contribution in [3.63, 3.8) is 0 Å². The summed E-state index contributed by atoms with van der Waals surface area (Å²) in [5.41, 5.74) is 4.47. The largest absolute Gasteiger partial charge is 0.480 e. The van der Waals surface area contributed by atoms with Crippen LogP contribution >= 0.6 is 0 Å². The molecule has 1 fully saturated rings. The number of carbonyl (C=O) groups is 1. The lowest BCUT2D eigenvalue weighted by atomic mass is 10.1. The molecule has 0 radical (unpaired) electrons. The summed E-state index contributed by atoms with van der Waals surface area (Å²) in [5.74, 6) is -1.16. The molecule has 2 aromatic heterocycles. The molecule has 0 aliphatic carbocycles. The van der Waals surface area contributed by atoms with E-state index in [1.54, 1.807) is 0 Å². The maximum absolute atomic E-state index is 12.1. The summed E-state index contributed by atoms with van der Waals surface area (Å²) in [6.07, 6.45) is 0.772. The summed E-state index contributed by atoms with van der Waals surface area (Å²) < 4.78 is 6.55. The second-order valence-corrected chi connectivity index (χ2v) is 6.24. The summed E-state index contributed by atoms with van der Waals surface area (Å²) in [7, 11) is 0. The molecule has 2 aromatic rings. The van der Waals surface area contributed by atoms with Crippen LogP contribution in [-0.2, 0) is 16.0 Å². The average Bonchev–Trinajstić information content (AvgIpc) is 3.26. The predicted octanol–water partition coefficient (Wildman–Crippen LogP) is -3.33. The molecule has 13 heteroatoms. The zero-order valence-electron chi connectivity index (χ0n) is 14.5. The number of aliphatic hydroxyl groups excluding tert-OH is 2. The lowest BCUT2D eigenvalue weighted by Gasteiger charge is -2.25. The van der Waals surface area contributed by atoms with Crippen molar-refractivity contribution >= 4 is 5.97 Å². The van der Waals surface area contributed by atoms with Crippen molar-refractivity contribution in [1.82, 2.24) is 30.4 Å². The number of hydrogen-bond acceptors (Lipinski definition) is 9. The van der Waals surface area contributed by atoms with Gasteiger partial charge in [-0.05, 0) is 0 Å². The summed E-state index contributed by atoms with van der Waals surface area (Å²) in [6, 6.07) is -0.982. The van der Waals surface area contributed by atoms with E-state index in [4.69, 9.17) is 4.74 Å². The lowest BCUT2D eigenvalue weighted by molar-refractivity contribution is -0.140. The van der Waals surface area contributed by atoms with E-state index in [0.29, 0.717) is 5.69 Å². The Bertz CT molecular complexity index is 910. The maximum atomic E-state index is 12.1. The van der Waals surface area contributed by atoms with Gasteiger partial charge in [0.25, 0.3) is 5.56 Å². The van der Waals surface area contributed by atoms with Gasteiger partial charge in [0.1, 0.15) is 18.2 Å². The van der Waals surface area contributed by atoms with Gasteiger partial charge in [-0.2, -0.15) is 0 Å². The third-order valence-corrected chi connectivity index (χ3v) is 4.38. The Balaban J connectivity index is 1.78. The van der Waals surface area contributed by atoms with Crippen LogP contribution < -0.4 is 22.1 Å². The fourth-order valence-corrected chi connectivity index (χ4v) is 2.93. The molecule has 1 aliphatic rings. The van der Waals surface area contributed by atoms with E-state index in [-0.39, 0.29) is 6.42 Å². The van der Waals surface area contributed by atoms with Gasteiger partial charge in [-0.25, -0.2) is 20.6 Å². The number of carboxylic acids is 1. The highest BCUT2D eigenvalue weighted by Gasteiger charge is 2.45. The number of aromatic nitrogens is 4. The smallest absolute Gasteiger partial charge is 0.330 e. The summed E-state index contributed by atoms with van der Waals surface area (Å²) in [6.45, 7) is -0.523. The molecular formula is C15H20N6O7. The Labute approximate surface area is 157 Å². The molecular weight excluding hydrogens is 376 g/mol. The van der Waals surface area contributed by atoms with Gasteiger partial charge in [-0.3, -0.25) is 19.1 Å². The molecule has 0 unspecified atom stereocenters. The molecule has 0 saturated carbocycles. The Hall–Kier alpha value is -2.84. The molecule has 0 aromatic carbocycles. The number of nitrogens with one attached hydrogen (secondary N) is 4. The normalized spacial score (nSPS) is 25.6. The second kappa shape index (κ2) is 8.45. The molecule has 0 amide bonds. The van der Waals surface area contributed by atoms with Gasteiger partial charge in [0, 0.05) is 30.6 Å². The first kappa shape index (κ1) is 19.9. The van der Waals surface area contributed by atoms with E-state index in [0.717, 1.165) is 10.6 Å². The first-order chi connectivity index (χ1) is 13.4. The van der Waals surface area contributed by atoms with Crippen LogP contribution in [0.4, 0.5) is 0 Å². The van der Waals surface area contributed by atoms with Crippen molar-refractivity contribution in [3.8, 4) is 0 Å². The van der Waals surface area contributed by atoms with Crippen LogP contribution in [0, 0.1) is 0 Å². The first-order valence-corrected chi connectivity index (χ1v) is 8.37. The van der Waals surface area contributed by atoms with Gasteiger partial charge in [0.05, 0.1) is 19.0 Å². The van der Waals surface area contributed by atoms with Gasteiger partial charge in [0.2, 0.25) is 0 Å². The fourth-order valence-electron chi connectivity index (χ4n) is 2.93. The van der Waals surface area contributed by atoms with Crippen LogP contribution in [0.1, 0.15) is 11.9 Å². The second-order valence-electron chi connectivity index (χ2n) is 6.24. The molecule has 152 valence electrons. The maximum Gasteiger partial charge on any atom is 0.330 e. The van der Waals surface area contributed by atoms with Crippen LogP contribution in [0.15, 0.2) is 34.4 Å². The minimum Gasteiger partial charge on any atom is -0.480 e. The summed E-state index contributed by atoms with van der Waals surface area (Å²) >= 11 is 0. The first-order valence-electron chi connectivity index (χ1n) is 8.37. The molecule has 0 spiro atoms. The van der Waals surface area contributed by atoms with Gasteiger partial charge < -0.3 is 25.0 Å². The Morgan fingerprint density at radius 1 is 1.43 bits per heavy atom. The Kier molecular flexibility index (Phi) is 6.01. The van der Waals surface area contributed by atoms with Crippen molar-refractivity contribution in [2.45, 2.75) is 36.9 Å². The zero-order chi connectivity index (χ0) is 20.3. The Morgan fingerprint density at radius 3 is 2.82 bits per heavy atom. The fraction of sp³-hybridized carbons (Fsp3) is 0.467. The molecule has 3 rings (SSSR count). The third kappa shape index (κ3) is 4.18. The number of aliphatic carboxylic acids is 1. The van der Waals surface area contributed by atoms with E-state index in [9.17, 15) is 29.7 Å². The number of aromatic amines is 2. The van der Waals surface area contributed by atoms with E-state index >= 15 is 0 Å². The Morgan fingerprint density at radius 2 is 2.21 bits per heavy atom. The molecule has 5 atom stereocenters. The number of rotatable bonds is 8. The van der Waals surface area contributed by atoms with Gasteiger partial charge in [-0.15, -0.1) is 0 Å². The standard InChI is InChI=1S/C15H20N6O7/c22-5-9-12(24)11(13(28-9)21-2-1-10(23)18-15(21)27)20-19-8(14(25)26)3-7-4-16-6-17-7/h1-2,4,6,8-9,11-13,19-20,22,24H,3,5H2,(H,16,17)(H,25,26)(H,18,23,27)/t8-,9+,11+,12+,13+/m0/s1. The van der Waals surface area contributed by atoms with Crippen LogP contribution in [0.3, 0.4) is 0 Å². The minimum atomic E-state index is -1.26. The van der Waals surface area contributed by atoms with E-state index in [2.05, 4.69) is 25.8 Å². The number of carboxylic acid groups (broad SMARTS) is 1. The molecule has 13 nitrogen and oxygen atoms in total. The van der Waals surface area contributed by atoms with Crippen molar-refractivity contribution < 1.29 is 24.9 Å². The molecule has 3 heterocycles. The molecule has 1 aliphatic heterocycles. The van der Waals surface area contributed by atoms with Crippen molar-refractivity contribution in [2.75, 3.05) is 6.61 Å². The topological polar surface area (TPSA) is 195 Å². The van der Waals surface area contributed by atoms with Crippen molar-refractivity contribution in [3.05, 3.63) is 51.3 Å². The number of hydrogen-bond donors (Lipinski definition) is 7. The van der Waals surface area contributed by atoms with Crippen LogP contribution in [0.25, 0.3) is 0 Å². The monoisotopic (exact) mass is 396 g/mol. The third-order valence-electron chi connectivity index (χ3n) is 4.38. The van der Waals surface area contributed by atoms with Crippen LogP contribution in [-0.4, -0.2) is 71.7 Å². The SMILES string of the molecule is O=C(O)[C@H](Cc1cnc[nH]1)NN[C@@H]1[C@H](O)[C@@H](CO)O[C@H]1n1ccc(=O)[nH]c1=O. The van der Waals surface area contributed by atoms with Crippen LogP contribution in [0.2, 0.25) is 0 Å². The number of hydrazine groups is 1. The molecule has 7 N–H and O–H groups in total. The van der Waals surface area contributed by atoms with Crippen LogP contribution in [0.5, 0.6) is 0 Å². The summed E-state index contributed by atoms with van der Waals surface area (Å²) in [4.78, 5) is 43.5. The highest BCUT2D eigenvalue weighted by Crippen LogP contribution is 2.27. The highest BCUT2D eigenvalue weighted by atomic mass is 16.5. The summed E-state index contributed by atoms with van der Waals surface area (Å²) in [5, 5.41) is 29.2.